The molecule has 0 aliphatic carbocycles. The summed E-state index contributed by atoms with van der Waals surface area (Å²) < 4.78 is 61.7. The van der Waals surface area contributed by atoms with Crippen LogP contribution >= 0.6 is 0 Å². The second-order valence-electron chi connectivity index (χ2n) is 3.11. The summed E-state index contributed by atoms with van der Waals surface area (Å²) in [6.07, 6.45) is -5.83. The van der Waals surface area contributed by atoms with Crippen LogP contribution in [0.1, 0.15) is 18.8 Å². The molecule has 0 unspecified atom stereocenters. The summed E-state index contributed by atoms with van der Waals surface area (Å²) >= 11 is 0. The molecule has 0 aliphatic rings. The summed E-state index contributed by atoms with van der Waals surface area (Å²) in [5.41, 5.74) is -2.56. The predicted molar refractivity (Wildman–Crippen MR) is 53.0 cm³/mol. The number of halogens is 5. The van der Waals surface area contributed by atoms with Gasteiger partial charge in [-0.3, -0.25) is 0 Å². The maximum Gasteiger partial charge on any atom is 2.00 e. The van der Waals surface area contributed by atoms with Gasteiger partial charge in [0.1, 0.15) is 11.3 Å². The minimum absolute atomic E-state index is 0. The number of aromatic carboxylic acids is 1. The van der Waals surface area contributed by atoms with Crippen molar-refractivity contribution in [1.29, 1.82) is 0 Å². The topological polar surface area (TPSA) is 57.5 Å². The molecule has 0 bridgehead atoms. The smallest absolute Gasteiger partial charge is 1.00 e. The van der Waals surface area contributed by atoms with Gasteiger partial charge in [0.25, 0.3) is 0 Å². The minimum Gasteiger partial charge on any atom is -1.00 e. The fraction of sp³-hybridized carbons (Fsp3) is 0.222. The standard InChI is InChI=1S/C9H5F5O3.Ca.2H/c10-8(11,9(12,13)14)4-1-2-6(15)5(3-4)7(16)17;;;/h1-3,15H,(H,16,17);;;/q;+2;2*-1. The second-order valence-corrected chi connectivity index (χ2v) is 3.11. The molecule has 1 aromatic carbocycles. The molecule has 3 nitrogen and oxygen atoms in total. The van der Waals surface area contributed by atoms with E-state index in [1.807, 2.05) is 0 Å². The summed E-state index contributed by atoms with van der Waals surface area (Å²) in [6.45, 7) is 0. The van der Waals surface area contributed by atoms with Crippen molar-refractivity contribution in [2.75, 3.05) is 0 Å². The number of carboxylic acids is 1. The average molecular weight is 298 g/mol. The van der Waals surface area contributed by atoms with Gasteiger partial charge in [-0.25, -0.2) is 4.79 Å². The first kappa shape index (κ1) is 17.4. The van der Waals surface area contributed by atoms with E-state index in [1.165, 1.54) is 0 Å². The van der Waals surface area contributed by atoms with E-state index < -0.39 is 34.9 Å². The Bertz CT molecular complexity index is 467. The Kier molecular flexibility index (Phi) is 5.39. The molecule has 1 rings (SSSR count). The third kappa shape index (κ3) is 3.24. The Morgan fingerprint density at radius 1 is 1.17 bits per heavy atom. The quantitative estimate of drug-likeness (QED) is 0.652. The summed E-state index contributed by atoms with van der Waals surface area (Å²) in [6, 6.07) is 0.874. The second kappa shape index (κ2) is 5.58. The Labute approximate surface area is 130 Å². The number of hydrogen-bond acceptors (Lipinski definition) is 2. The zero-order valence-electron chi connectivity index (χ0n) is 10.6. The van der Waals surface area contributed by atoms with Gasteiger partial charge in [-0.2, -0.15) is 22.0 Å². The molecule has 0 saturated heterocycles. The van der Waals surface area contributed by atoms with E-state index in [1.54, 1.807) is 0 Å². The van der Waals surface area contributed by atoms with Crippen LogP contribution in [0.4, 0.5) is 22.0 Å². The van der Waals surface area contributed by atoms with Crippen molar-refractivity contribution >= 4 is 43.7 Å². The molecule has 1 aromatic rings. The molecule has 0 aromatic heterocycles. The number of carboxylic acid groups (broad SMARTS) is 1. The summed E-state index contributed by atoms with van der Waals surface area (Å²) in [7, 11) is 0. The predicted octanol–water partition coefficient (Wildman–Crippen LogP) is 2.59. The molecule has 0 spiro atoms. The van der Waals surface area contributed by atoms with E-state index in [-0.39, 0.29) is 46.7 Å². The largest absolute Gasteiger partial charge is 2.00 e. The van der Waals surface area contributed by atoms with Crippen LogP contribution in [0.25, 0.3) is 0 Å². The first-order valence-electron chi connectivity index (χ1n) is 4.08. The molecule has 18 heavy (non-hydrogen) atoms. The number of phenols is 1. The fourth-order valence-electron chi connectivity index (χ4n) is 1.07. The van der Waals surface area contributed by atoms with Crippen LogP contribution in [0.5, 0.6) is 5.75 Å². The number of hydrogen-bond donors (Lipinski definition) is 2. The van der Waals surface area contributed by atoms with E-state index in [2.05, 4.69) is 0 Å². The fourth-order valence-corrected chi connectivity index (χ4v) is 1.07. The molecular weight excluding hydrogens is 291 g/mol. The zero-order valence-corrected chi connectivity index (χ0v) is 10.8. The molecule has 9 heteroatoms. The van der Waals surface area contributed by atoms with Crippen molar-refractivity contribution in [3.05, 3.63) is 29.3 Å². The Morgan fingerprint density at radius 2 is 1.67 bits per heavy atom. The van der Waals surface area contributed by atoms with Gasteiger partial charge in [0, 0.05) is 5.56 Å². The number of rotatable bonds is 2. The molecule has 0 saturated carbocycles. The monoisotopic (exact) mass is 298 g/mol. The van der Waals surface area contributed by atoms with Crippen molar-refractivity contribution in [2.24, 2.45) is 0 Å². The summed E-state index contributed by atoms with van der Waals surface area (Å²) in [4.78, 5) is 10.5. The molecule has 2 N–H and O–H groups in total. The van der Waals surface area contributed by atoms with Gasteiger partial charge < -0.3 is 13.1 Å². The van der Waals surface area contributed by atoms with E-state index >= 15 is 0 Å². The van der Waals surface area contributed by atoms with Crippen LogP contribution in [-0.4, -0.2) is 60.1 Å². The van der Waals surface area contributed by atoms with Gasteiger partial charge in [0.2, 0.25) is 0 Å². The van der Waals surface area contributed by atoms with Crippen molar-refractivity contribution < 1.29 is 39.8 Å². The van der Waals surface area contributed by atoms with Gasteiger partial charge in [0.05, 0.1) is 0 Å². The van der Waals surface area contributed by atoms with Crippen LogP contribution in [-0.2, 0) is 5.92 Å². The first-order chi connectivity index (χ1) is 7.57. The van der Waals surface area contributed by atoms with Crippen LogP contribution < -0.4 is 0 Å². The zero-order chi connectivity index (χ0) is 13.4. The first-order valence-corrected chi connectivity index (χ1v) is 4.08. The molecule has 0 aliphatic heterocycles. The maximum atomic E-state index is 12.8. The SMILES string of the molecule is O=C(O)c1cc(C(F)(F)C(F)(F)F)ccc1O.[Ca+2].[H-].[H-]. The normalized spacial score (nSPS) is 11.8. The molecule has 0 fully saturated rings. The third-order valence-corrected chi connectivity index (χ3v) is 1.95. The third-order valence-electron chi connectivity index (χ3n) is 1.95. The van der Waals surface area contributed by atoms with Crippen molar-refractivity contribution in [1.82, 2.24) is 0 Å². The van der Waals surface area contributed by atoms with E-state index in [0.29, 0.717) is 12.1 Å². The van der Waals surface area contributed by atoms with E-state index in [9.17, 15) is 26.7 Å². The van der Waals surface area contributed by atoms with Crippen molar-refractivity contribution in [2.45, 2.75) is 12.1 Å². The van der Waals surface area contributed by atoms with Crippen LogP contribution in [0, 0.1) is 0 Å². The van der Waals surface area contributed by atoms with Crippen LogP contribution in [0.3, 0.4) is 0 Å². The molecule has 0 atom stereocenters. The molecule has 0 heterocycles. The number of carbonyl (C=O) groups is 1. The molecule has 0 radical (unpaired) electrons. The molecular formula is C9H7CaF5O3. The van der Waals surface area contributed by atoms with E-state index in [4.69, 9.17) is 10.2 Å². The number of benzene rings is 1. The van der Waals surface area contributed by atoms with Gasteiger partial charge in [-0.15, -0.1) is 0 Å². The average Bonchev–Trinajstić information content (AvgIpc) is 2.15. The van der Waals surface area contributed by atoms with Crippen molar-refractivity contribution in [3.8, 4) is 5.75 Å². The summed E-state index contributed by atoms with van der Waals surface area (Å²) in [5, 5.41) is 17.4. The molecule has 98 valence electrons. The van der Waals surface area contributed by atoms with Gasteiger partial charge in [0.15, 0.2) is 0 Å². The Morgan fingerprint density at radius 3 is 2.06 bits per heavy atom. The van der Waals surface area contributed by atoms with Crippen LogP contribution in [0.15, 0.2) is 18.2 Å². The van der Waals surface area contributed by atoms with Crippen molar-refractivity contribution in [3.63, 3.8) is 0 Å². The Hall–Kier alpha value is -0.600. The van der Waals surface area contributed by atoms with Gasteiger partial charge in [-0.05, 0) is 18.2 Å². The number of aromatic hydroxyl groups is 1. The minimum atomic E-state index is -5.83. The Balaban J connectivity index is -0.000000963. The van der Waals surface area contributed by atoms with Crippen LogP contribution in [0.2, 0.25) is 0 Å². The van der Waals surface area contributed by atoms with E-state index in [0.717, 1.165) is 0 Å². The maximum absolute atomic E-state index is 12.8. The van der Waals surface area contributed by atoms with Gasteiger partial charge in [-0.1, -0.05) is 0 Å². The molecule has 0 amide bonds. The summed E-state index contributed by atoms with van der Waals surface area (Å²) in [5.74, 6) is -7.87. The van der Waals surface area contributed by atoms with Gasteiger partial charge >= 0.3 is 55.8 Å². The number of alkyl halides is 5.